The fourth-order valence-electron chi connectivity index (χ4n) is 3.19. The van der Waals surface area contributed by atoms with Gasteiger partial charge < -0.3 is 25.0 Å². The highest BCUT2D eigenvalue weighted by Gasteiger charge is 2.45. The van der Waals surface area contributed by atoms with Gasteiger partial charge in [0, 0.05) is 31.9 Å². The molecule has 2 heterocycles. The third kappa shape index (κ3) is 3.24. The Morgan fingerprint density at radius 2 is 2.17 bits per heavy atom. The molecular weight excluding hydrogens is 298 g/mol. The molecule has 0 aromatic heterocycles. The summed E-state index contributed by atoms with van der Waals surface area (Å²) in [4.78, 5) is 26.0. The van der Waals surface area contributed by atoms with Crippen LogP contribution in [0.4, 0.5) is 10.5 Å². The van der Waals surface area contributed by atoms with Crippen molar-refractivity contribution in [3.8, 4) is 5.75 Å². The van der Waals surface area contributed by atoms with Crippen molar-refractivity contribution in [2.24, 2.45) is 5.92 Å². The summed E-state index contributed by atoms with van der Waals surface area (Å²) in [6.45, 7) is 0.921. The predicted octanol–water partition coefficient (Wildman–Crippen LogP) is 1.06. The van der Waals surface area contributed by atoms with Crippen LogP contribution in [0.25, 0.3) is 0 Å². The highest BCUT2D eigenvalue weighted by atomic mass is 16.5. The van der Waals surface area contributed by atoms with Gasteiger partial charge in [-0.2, -0.15) is 0 Å². The zero-order chi connectivity index (χ0) is 16.4. The van der Waals surface area contributed by atoms with E-state index in [0.29, 0.717) is 30.9 Å². The average molecular weight is 319 g/mol. The molecule has 0 aliphatic carbocycles. The number of nitrogens with one attached hydrogen (secondary N) is 2. The van der Waals surface area contributed by atoms with Crippen LogP contribution in [0, 0.1) is 5.92 Å². The van der Waals surface area contributed by atoms with Gasteiger partial charge >= 0.3 is 6.03 Å². The number of hydrogen-bond donors (Lipinski definition) is 2. The minimum absolute atomic E-state index is 0.0208. The van der Waals surface area contributed by atoms with E-state index in [0.717, 1.165) is 0 Å². The summed E-state index contributed by atoms with van der Waals surface area (Å²) in [7, 11) is 3.21. The molecule has 2 saturated heterocycles. The van der Waals surface area contributed by atoms with Crippen LogP contribution in [0.1, 0.15) is 6.42 Å². The summed E-state index contributed by atoms with van der Waals surface area (Å²) in [6, 6.07) is 7.02. The topological polar surface area (TPSA) is 79.9 Å². The first-order valence-corrected chi connectivity index (χ1v) is 7.67. The van der Waals surface area contributed by atoms with E-state index in [4.69, 9.17) is 9.47 Å². The van der Waals surface area contributed by atoms with Crippen LogP contribution in [0.3, 0.4) is 0 Å². The van der Waals surface area contributed by atoms with Crippen molar-refractivity contribution < 1.29 is 19.1 Å². The van der Waals surface area contributed by atoms with Crippen LogP contribution in [0.15, 0.2) is 24.3 Å². The largest absolute Gasteiger partial charge is 0.497 e. The number of carbonyl (C=O) groups excluding carboxylic acids is 2. The van der Waals surface area contributed by atoms with Crippen molar-refractivity contribution in [1.82, 2.24) is 10.2 Å². The van der Waals surface area contributed by atoms with Crippen molar-refractivity contribution in [2.75, 3.05) is 32.6 Å². The van der Waals surface area contributed by atoms with Gasteiger partial charge in [-0.1, -0.05) is 6.07 Å². The first kappa shape index (κ1) is 15.6. The molecule has 7 nitrogen and oxygen atoms in total. The lowest BCUT2D eigenvalue weighted by atomic mass is 10.00. The van der Waals surface area contributed by atoms with E-state index < -0.39 is 0 Å². The predicted molar refractivity (Wildman–Crippen MR) is 84.4 cm³/mol. The van der Waals surface area contributed by atoms with Crippen molar-refractivity contribution in [2.45, 2.75) is 18.6 Å². The molecule has 2 aliphatic rings. The first-order chi connectivity index (χ1) is 11.1. The molecular formula is C16H21N3O4. The van der Waals surface area contributed by atoms with E-state index >= 15 is 0 Å². The summed E-state index contributed by atoms with van der Waals surface area (Å²) in [6.07, 6.45) is 0.352. The number of amides is 3. The second kappa shape index (κ2) is 6.45. The fourth-order valence-corrected chi connectivity index (χ4v) is 3.19. The van der Waals surface area contributed by atoms with Crippen LogP contribution in [0.2, 0.25) is 0 Å². The number of hydrogen-bond acceptors (Lipinski definition) is 4. The number of benzene rings is 1. The Bertz CT molecular complexity index is 607. The SMILES string of the molecule is CNC(=O)C1CC2CN(C(=O)Nc3cccc(OC)c3)CC1O2. The van der Waals surface area contributed by atoms with Gasteiger partial charge in [0.15, 0.2) is 0 Å². The van der Waals surface area contributed by atoms with Gasteiger partial charge in [0.1, 0.15) is 5.75 Å². The zero-order valence-corrected chi connectivity index (χ0v) is 13.2. The Hall–Kier alpha value is -2.28. The molecule has 0 radical (unpaired) electrons. The molecule has 1 aromatic rings. The summed E-state index contributed by atoms with van der Waals surface area (Å²) in [5.41, 5.74) is 0.677. The van der Waals surface area contributed by atoms with Gasteiger partial charge in [-0.3, -0.25) is 4.79 Å². The monoisotopic (exact) mass is 319 g/mol. The van der Waals surface area contributed by atoms with E-state index in [2.05, 4.69) is 10.6 Å². The number of fused-ring (bicyclic) bond motifs is 2. The lowest BCUT2D eigenvalue weighted by Gasteiger charge is -2.32. The van der Waals surface area contributed by atoms with Crippen LogP contribution >= 0.6 is 0 Å². The molecule has 3 atom stereocenters. The van der Waals surface area contributed by atoms with Crippen LogP contribution in [-0.2, 0) is 9.53 Å². The van der Waals surface area contributed by atoms with Crippen LogP contribution < -0.4 is 15.4 Å². The summed E-state index contributed by atoms with van der Waals surface area (Å²) in [5, 5.41) is 5.53. The number of rotatable bonds is 3. The van der Waals surface area contributed by atoms with Crippen LogP contribution in [0.5, 0.6) is 5.75 Å². The second-order valence-corrected chi connectivity index (χ2v) is 5.82. The summed E-state index contributed by atoms with van der Waals surface area (Å²) in [5.74, 6) is 0.483. The Labute approximate surface area is 134 Å². The highest BCUT2D eigenvalue weighted by molar-refractivity contribution is 5.90. The summed E-state index contributed by atoms with van der Waals surface area (Å²) >= 11 is 0. The van der Waals surface area contributed by atoms with Crippen molar-refractivity contribution >= 4 is 17.6 Å². The molecule has 2 N–H and O–H groups in total. The Morgan fingerprint density at radius 1 is 1.35 bits per heavy atom. The molecule has 3 rings (SSSR count). The van der Waals surface area contributed by atoms with Gasteiger partial charge in [0.25, 0.3) is 0 Å². The van der Waals surface area contributed by atoms with E-state index in [1.807, 2.05) is 18.2 Å². The molecule has 2 aliphatic heterocycles. The van der Waals surface area contributed by atoms with Crippen molar-refractivity contribution in [1.29, 1.82) is 0 Å². The third-order valence-electron chi connectivity index (χ3n) is 4.35. The molecule has 0 saturated carbocycles. The maximum atomic E-state index is 12.4. The molecule has 3 amide bonds. The van der Waals surface area contributed by atoms with Gasteiger partial charge in [0.2, 0.25) is 5.91 Å². The smallest absolute Gasteiger partial charge is 0.322 e. The van der Waals surface area contributed by atoms with E-state index in [1.54, 1.807) is 25.1 Å². The fraction of sp³-hybridized carbons (Fsp3) is 0.500. The maximum Gasteiger partial charge on any atom is 0.322 e. The number of urea groups is 1. The number of methoxy groups -OCH3 is 1. The molecule has 1 aromatic carbocycles. The number of morpholine rings is 1. The standard InChI is InChI=1S/C16H21N3O4/c1-17-15(20)13-7-12-8-19(9-14(13)23-12)16(21)18-10-4-3-5-11(6-10)22-2/h3-6,12-14H,7-9H2,1-2H3,(H,17,20)(H,18,21). The minimum atomic E-state index is -0.232. The Kier molecular flexibility index (Phi) is 4.38. The zero-order valence-electron chi connectivity index (χ0n) is 13.2. The molecule has 2 fully saturated rings. The normalized spacial score (nSPS) is 25.8. The van der Waals surface area contributed by atoms with Crippen molar-refractivity contribution in [3.05, 3.63) is 24.3 Å². The minimum Gasteiger partial charge on any atom is -0.497 e. The Morgan fingerprint density at radius 3 is 2.91 bits per heavy atom. The second-order valence-electron chi connectivity index (χ2n) is 5.82. The number of carbonyl (C=O) groups is 2. The average Bonchev–Trinajstić information content (AvgIpc) is 2.88. The van der Waals surface area contributed by atoms with Gasteiger partial charge in [0.05, 0.1) is 25.2 Å². The van der Waals surface area contributed by atoms with E-state index in [9.17, 15) is 9.59 Å². The third-order valence-corrected chi connectivity index (χ3v) is 4.35. The number of nitrogens with zero attached hydrogens (tertiary/aromatic N) is 1. The quantitative estimate of drug-likeness (QED) is 0.873. The molecule has 7 heteroatoms. The first-order valence-electron chi connectivity index (χ1n) is 7.67. The molecule has 23 heavy (non-hydrogen) atoms. The number of anilines is 1. The molecule has 124 valence electrons. The van der Waals surface area contributed by atoms with Gasteiger partial charge in [-0.05, 0) is 18.6 Å². The van der Waals surface area contributed by atoms with E-state index in [1.165, 1.54) is 0 Å². The molecule has 2 bridgehead atoms. The van der Waals surface area contributed by atoms with Crippen LogP contribution in [-0.4, -0.2) is 56.3 Å². The molecule has 0 spiro atoms. The molecule has 3 unspecified atom stereocenters. The summed E-state index contributed by atoms with van der Waals surface area (Å²) < 4.78 is 10.9. The maximum absolute atomic E-state index is 12.4. The highest BCUT2D eigenvalue weighted by Crippen LogP contribution is 2.32. The number of ether oxygens (including phenoxy) is 2. The Balaban J connectivity index is 1.64. The lowest BCUT2D eigenvalue weighted by molar-refractivity contribution is -0.127. The van der Waals surface area contributed by atoms with Gasteiger partial charge in [-0.25, -0.2) is 4.79 Å². The van der Waals surface area contributed by atoms with Crippen molar-refractivity contribution in [3.63, 3.8) is 0 Å². The number of likely N-dealkylation sites (tertiary alicyclic amines) is 1. The lowest BCUT2D eigenvalue weighted by Crippen LogP contribution is -2.49. The van der Waals surface area contributed by atoms with E-state index in [-0.39, 0.29) is 30.1 Å². The van der Waals surface area contributed by atoms with Gasteiger partial charge in [-0.15, -0.1) is 0 Å².